The van der Waals surface area contributed by atoms with Gasteiger partial charge in [-0.3, -0.25) is 4.79 Å². The van der Waals surface area contributed by atoms with Crippen LogP contribution in [-0.4, -0.2) is 19.4 Å². The van der Waals surface area contributed by atoms with Crippen LogP contribution in [-0.2, 0) is 0 Å². The largest absolute Gasteiger partial charge is 0.372 e. The summed E-state index contributed by atoms with van der Waals surface area (Å²) in [4.78, 5) is 14.5. The fourth-order valence-electron chi connectivity index (χ4n) is 2.26. The van der Waals surface area contributed by atoms with Crippen molar-refractivity contribution in [1.82, 2.24) is 0 Å². The lowest BCUT2D eigenvalue weighted by Gasteiger charge is -2.20. The van der Waals surface area contributed by atoms with Crippen LogP contribution in [0.3, 0.4) is 0 Å². The summed E-state index contributed by atoms with van der Waals surface area (Å²) in [6.45, 7) is 6.20. The number of hydrogen-bond acceptors (Lipinski definition) is 4. The molecule has 1 aromatic heterocycles. The first kappa shape index (κ1) is 16.0. The number of hydrogen-bond donors (Lipinski definition) is 0. The monoisotopic (exact) mass is 310 g/mol. The van der Waals surface area contributed by atoms with Crippen LogP contribution >= 0.6 is 11.3 Å². The Labute approximate surface area is 135 Å². The summed E-state index contributed by atoms with van der Waals surface area (Å²) >= 11 is 1.33. The molecule has 0 spiro atoms. The van der Waals surface area contributed by atoms with Crippen LogP contribution in [0.25, 0.3) is 11.6 Å². The van der Waals surface area contributed by atoms with Gasteiger partial charge < -0.3 is 4.90 Å². The highest BCUT2D eigenvalue weighted by molar-refractivity contribution is 7.14. The van der Waals surface area contributed by atoms with Crippen molar-refractivity contribution < 1.29 is 4.79 Å². The Morgan fingerprint density at radius 1 is 1.18 bits per heavy atom. The standard InChI is InChI=1S/C18H18N2OS/c1-3-20(4-2)16-7-5-14(6-8-16)11-15(12-19)18-10-9-17(13-21)22-18/h5-11,13H,3-4H2,1-2H3/b15-11+. The zero-order valence-electron chi connectivity index (χ0n) is 12.7. The zero-order valence-corrected chi connectivity index (χ0v) is 13.6. The van der Waals surface area contributed by atoms with Crippen LogP contribution in [0.2, 0.25) is 0 Å². The maximum Gasteiger partial charge on any atom is 0.160 e. The second-order valence-electron chi connectivity index (χ2n) is 4.75. The molecule has 0 aliphatic carbocycles. The van der Waals surface area contributed by atoms with E-state index in [0.29, 0.717) is 10.5 Å². The van der Waals surface area contributed by atoms with Gasteiger partial charge in [0, 0.05) is 23.7 Å². The molecule has 0 amide bonds. The van der Waals surface area contributed by atoms with E-state index in [4.69, 9.17) is 0 Å². The van der Waals surface area contributed by atoms with E-state index in [0.717, 1.165) is 29.8 Å². The van der Waals surface area contributed by atoms with Crippen molar-refractivity contribution in [2.75, 3.05) is 18.0 Å². The average molecular weight is 310 g/mol. The Bertz CT molecular complexity index is 703. The summed E-state index contributed by atoms with van der Waals surface area (Å²) in [5.41, 5.74) is 2.74. The Hall–Kier alpha value is -2.38. The van der Waals surface area contributed by atoms with Crippen LogP contribution in [0.15, 0.2) is 36.4 Å². The number of nitrogens with zero attached hydrogens (tertiary/aromatic N) is 2. The Kier molecular flexibility index (Phi) is 5.51. The fraction of sp³-hybridized carbons (Fsp3) is 0.222. The Morgan fingerprint density at radius 2 is 1.86 bits per heavy atom. The Balaban J connectivity index is 2.26. The predicted octanol–water partition coefficient (Wildman–Crippen LogP) is 4.47. The van der Waals surface area contributed by atoms with Crippen molar-refractivity contribution in [2.45, 2.75) is 13.8 Å². The minimum atomic E-state index is 0.577. The molecule has 2 aromatic rings. The number of carbonyl (C=O) groups excluding carboxylic acids is 1. The third kappa shape index (κ3) is 3.63. The minimum absolute atomic E-state index is 0.577. The molecule has 4 heteroatoms. The van der Waals surface area contributed by atoms with Crippen molar-refractivity contribution >= 4 is 35.0 Å². The molecule has 0 radical (unpaired) electrons. The molecule has 1 aromatic carbocycles. The van der Waals surface area contributed by atoms with Gasteiger partial charge in [-0.15, -0.1) is 11.3 Å². The molecule has 0 bridgehead atoms. The first-order chi connectivity index (χ1) is 10.7. The van der Waals surface area contributed by atoms with Crippen LogP contribution in [0.4, 0.5) is 5.69 Å². The number of allylic oxidation sites excluding steroid dienone is 1. The smallest absolute Gasteiger partial charge is 0.160 e. The SMILES string of the molecule is CCN(CC)c1ccc(/C=C(\C#N)c2ccc(C=O)s2)cc1. The van der Waals surface area contributed by atoms with Gasteiger partial charge in [0.25, 0.3) is 0 Å². The van der Waals surface area contributed by atoms with Gasteiger partial charge in [-0.1, -0.05) is 12.1 Å². The van der Waals surface area contributed by atoms with Gasteiger partial charge in [0.05, 0.1) is 10.5 Å². The highest BCUT2D eigenvalue weighted by Gasteiger charge is 2.06. The number of benzene rings is 1. The molecule has 3 nitrogen and oxygen atoms in total. The number of aldehydes is 1. The lowest BCUT2D eigenvalue weighted by molar-refractivity contribution is 0.112. The quantitative estimate of drug-likeness (QED) is 0.584. The lowest BCUT2D eigenvalue weighted by Crippen LogP contribution is -2.21. The predicted molar refractivity (Wildman–Crippen MR) is 93.2 cm³/mol. The zero-order chi connectivity index (χ0) is 15.9. The van der Waals surface area contributed by atoms with Crippen molar-refractivity contribution in [1.29, 1.82) is 5.26 Å². The van der Waals surface area contributed by atoms with Crippen LogP contribution in [0.1, 0.15) is 34.0 Å². The molecule has 0 atom stereocenters. The molecule has 1 heterocycles. The maximum absolute atomic E-state index is 10.8. The molecular formula is C18H18N2OS. The molecule has 0 saturated carbocycles. The van der Waals surface area contributed by atoms with Gasteiger partial charge in [-0.25, -0.2) is 0 Å². The summed E-state index contributed by atoms with van der Waals surface area (Å²) in [5.74, 6) is 0. The molecule has 0 fully saturated rings. The molecule has 0 N–H and O–H groups in total. The van der Waals surface area contributed by atoms with E-state index >= 15 is 0 Å². The average Bonchev–Trinajstić information content (AvgIpc) is 3.04. The number of anilines is 1. The number of carbonyl (C=O) groups is 1. The van der Waals surface area contributed by atoms with E-state index < -0.39 is 0 Å². The molecule has 0 aliphatic rings. The van der Waals surface area contributed by atoms with Gasteiger partial charge in [0.2, 0.25) is 0 Å². The lowest BCUT2D eigenvalue weighted by atomic mass is 10.1. The molecule has 22 heavy (non-hydrogen) atoms. The summed E-state index contributed by atoms with van der Waals surface area (Å²) in [6, 6.07) is 13.9. The second kappa shape index (κ2) is 7.58. The molecular weight excluding hydrogens is 292 g/mol. The first-order valence-electron chi connectivity index (χ1n) is 7.24. The van der Waals surface area contributed by atoms with E-state index in [1.54, 1.807) is 6.07 Å². The second-order valence-corrected chi connectivity index (χ2v) is 5.87. The fourth-order valence-corrected chi connectivity index (χ4v) is 3.04. The van der Waals surface area contributed by atoms with E-state index in [-0.39, 0.29) is 0 Å². The minimum Gasteiger partial charge on any atom is -0.372 e. The summed E-state index contributed by atoms with van der Waals surface area (Å²) in [5, 5.41) is 9.33. The molecule has 0 aliphatic heterocycles. The van der Waals surface area contributed by atoms with Crippen molar-refractivity contribution in [3.8, 4) is 6.07 Å². The van der Waals surface area contributed by atoms with Crippen LogP contribution < -0.4 is 4.90 Å². The van der Waals surface area contributed by atoms with E-state index in [1.807, 2.05) is 24.3 Å². The maximum atomic E-state index is 10.8. The summed E-state index contributed by atoms with van der Waals surface area (Å²) in [6.07, 6.45) is 2.66. The number of nitriles is 1. The highest BCUT2D eigenvalue weighted by atomic mass is 32.1. The Morgan fingerprint density at radius 3 is 2.36 bits per heavy atom. The van der Waals surface area contributed by atoms with Gasteiger partial charge in [-0.2, -0.15) is 5.26 Å². The summed E-state index contributed by atoms with van der Waals surface area (Å²) < 4.78 is 0. The van der Waals surface area contributed by atoms with E-state index in [9.17, 15) is 10.1 Å². The first-order valence-corrected chi connectivity index (χ1v) is 8.05. The normalized spacial score (nSPS) is 11.0. The van der Waals surface area contributed by atoms with Gasteiger partial charge in [-0.05, 0) is 49.8 Å². The molecule has 0 saturated heterocycles. The number of rotatable bonds is 6. The topological polar surface area (TPSA) is 44.1 Å². The van der Waals surface area contributed by atoms with Crippen molar-refractivity contribution in [2.24, 2.45) is 0 Å². The molecule has 0 unspecified atom stereocenters. The van der Waals surface area contributed by atoms with Crippen LogP contribution in [0.5, 0.6) is 0 Å². The molecule has 2 rings (SSSR count). The van der Waals surface area contributed by atoms with Gasteiger partial charge in [0.15, 0.2) is 6.29 Å². The molecule has 112 valence electrons. The third-order valence-electron chi connectivity index (χ3n) is 3.46. The third-order valence-corrected chi connectivity index (χ3v) is 4.51. The van der Waals surface area contributed by atoms with Crippen molar-refractivity contribution in [3.63, 3.8) is 0 Å². The highest BCUT2D eigenvalue weighted by Crippen LogP contribution is 2.25. The van der Waals surface area contributed by atoms with E-state index in [1.165, 1.54) is 17.0 Å². The van der Waals surface area contributed by atoms with Crippen LogP contribution in [0, 0.1) is 11.3 Å². The van der Waals surface area contributed by atoms with E-state index in [2.05, 4.69) is 36.9 Å². The van der Waals surface area contributed by atoms with Crippen molar-refractivity contribution in [3.05, 3.63) is 51.7 Å². The van der Waals surface area contributed by atoms with Gasteiger partial charge >= 0.3 is 0 Å². The van der Waals surface area contributed by atoms with Gasteiger partial charge in [0.1, 0.15) is 6.07 Å². The number of thiophene rings is 1. The summed E-state index contributed by atoms with van der Waals surface area (Å²) in [7, 11) is 0.